The topological polar surface area (TPSA) is 209 Å². The van der Waals surface area contributed by atoms with Crippen LogP contribution >= 0.6 is 0 Å². The number of nitrogens with two attached hydrogens (primary N) is 3. The maximum absolute atomic E-state index is 10.8. The van der Waals surface area contributed by atoms with Crippen molar-refractivity contribution in [3.63, 3.8) is 0 Å². The van der Waals surface area contributed by atoms with E-state index < -0.39 is 42.6 Å². The molecule has 0 amide bonds. The lowest BCUT2D eigenvalue weighted by Crippen LogP contribution is -2.47. The van der Waals surface area contributed by atoms with Crippen LogP contribution < -0.4 is 17.2 Å². The van der Waals surface area contributed by atoms with Gasteiger partial charge in [-0.15, -0.1) is 0 Å². The first kappa shape index (κ1) is 19.4. The van der Waals surface area contributed by atoms with E-state index in [4.69, 9.17) is 27.0 Å². The predicted molar refractivity (Wildman–Crippen MR) is 93.1 cm³/mol. The van der Waals surface area contributed by atoms with Crippen LogP contribution in [0.1, 0.15) is 25.5 Å². The molecule has 0 spiro atoms. The molecule has 1 fully saturated rings. The summed E-state index contributed by atoms with van der Waals surface area (Å²) in [7, 11) is 0. The molecule has 2 aromatic rings. The molecule has 3 unspecified atom stereocenters. The number of rotatable bonds is 7. The van der Waals surface area contributed by atoms with Crippen molar-refractivity contribution in [1.82, 2.24) is 19.5 Å². The second-order valence-electron chi connectivity index (χ2n) is 6.62. The van der Waals surface area contributed by atoms with Gasteiger partial charge in [-0.1, -0.05) is 0 Å². The first-order valence-corrected chi connectivity index (χ1v) is 8.48. The van der Waals surface area contributed by atoms with Gasteiger partial charge in [0.05, 0.1) is 18.5 Å². The van der Waals surface area contributed by atoms with E-state index in [1.165, 1.54) is 12.7 Å². The number of carboxylic acid groups (broad SMARTS) is 1. The number of aliphatic hydroxyl groups is 2. The Morgan fingerprint density at radius 1 is 1.33 bits per heavy atom. The van der Waals surface area contributed by atoms with E-state index in [2.05, 4.69) is 15.0 Å². The van der Waals surface area contributed by atoms with Crippen LogP contribution in [0.15, 0.2) is 12.7 Å². The van der Waals surface area contributed by atoms with Gasteiger partial charge in [0.1, 0.15) is 30.2 Å². The lowest BCUT2D eigenvalue weighted by Gasteiger charge is -2.26. The number of nitrogens with zero attached hydrogens (tertiary/aromatic N) is 4. The Kier molecular flexibility index (Phi) is 5.53. The number of aliphatic carboxylic acids is 1. The molecule has 0 aromatic carbocycles. The predicted octanol–water partition coefficient (Wildman–Crippen LogP) is -2.06. The molecule has 1 aliphatic heterocycles. The van der Waals surface area contributed by atoms with Crippen LogP contribution in [0, 0.1) is 0 Å². The van der Waals surface area contributed by atoms with E-state index in [1.807, 2.05) is 0 Å². The minimum Gasteiger partial charge on any atom is -0.480 e. The van der Waals surface area contributed by atoms with E-state index in [0.717, 1.165) is 0 Å². The summed E-state index contributed by atoms with van der Waals surface area (Å²) in [5.41, 5.74) is 18.0. The monoisotopic (exact) mass is 381 g/mol. The summed E-state index contributed by atoms with van der Waals surface area (Å²) >= 11 is 0. The molecule has 27 heavy (non-hydrogen) atoms. The molecule has 0 bridgehead atoms. The number of hydrogen-bond donors (Lipinski definition) is 6. The van der Waals surface area contributed by atoms with Crippen LogP contribution in [0.3, 0.4) is 0 Å². The molecular formula is C15H23N7O5. The first-order valence-electron chi connectivity index (χ1n) is 8.48. The highest BCUT2D eigenvalue weighted by Crippen LogP contribution is 2.33. The van der Waals surface area contributed by atoms with Crippen molar-refractivity contribution in [2.45, 2.75) is 55.9 Å². The van der Waals surface area contributed by atoms with Crippen molar-refractivity contribution in [2.24, 2.45) is 11.5 Å². The molecular weight excluding hydrogens is 358 g/mol. The number of aromatic nitrogens is 4. The third-order valence-corrected chi connectivity index (χ3v) is 4.74. The second kappa shape index (κ2) is 7.70. The zero-order valence-electron chi connectivity index (χ0n) is 14.4. The third-order valence-electron chi connectivity index (χ3n) is 4.74. The van der Waals surface area contributed by atoms with E-state index in [0.29, 0.717) is 11.2 Å². The van der Waals surface area contributed by atoms with E-state index >= 15 is 0 Å². The Bertz CT molecular complexity index is 815. The molecule has 0 radical (unpaired) electrons. The van der Waals surface area contributed by atoms with Gasteiger partial charge in [-0.05, 0) is 12.8 Å². The van der Waals surface area contributed by atoms with Crippen LogP contribution in [0.5, 0.6) is 0 Å². The van der Waals surface area contributed by atoms with Crippen molar-refractivity contribution in [2.75, 3.05) is 5.73 Å². The van der Waals surface area contributed by atoms with E-state index in [-0.39, 0.29) is 25.1 Å². The highest BCUT2D eigenvalue weighted by molar-refractivity contribution is 5.81. The number of carbonyl (C=O) groups is 1. The summed E-state index contributed by atoms with van der Waals surface area (Å²) in [4.78, 5) is 22.9. The van der Waals surface area contributed by atoms with E-state index in [9.17, 15) is 15.0 Å². The van der Waals surface area contributed by atoms with Crippen molar-refractivity contribution in [3.05, 3.63) is 12.7 Å². The Labute approximate surface area is 154 Å². The summed E-state index contributed by atoms with van der Waals surface area (Å²) in [5.74, 6) is -0.909. The Hall–Kier alpha value is -2.38. The zero-order valence-corrected chi connectivity index (χ0v) is 14.4. The molecule has 1 aliphatic rings. The molecule has 0 saturated carbocycles. The Morgan fingerprint density at radius 3 is 2.78 bits per heavy atom. The van der Waals surface area contributed by atoms with Crippen LogP contribution in [-0.2, 0) is 9.53 Å². The zero-order chi connectivity index (χ0) is 19.7. The molecule has 1 saturated heterocycles. The molecule has 6 atom stereocenters. The normalized spacial score (nSPS) is 26.1. The quantitative estimate of drug-likeness (QED) is 0.307. The lowest BCUT2D eigenvalue weighted by atomic mass is 9.96. The van der Waals surface area contributed by atoms with Crippen LogP contribution in [0.25, 0.3) is 11.2 Å². The summed E-state index contributed by atoms with van der Waals surface area (Å²) in [5, 5.41) is 29.6. The van der Waals surface area contributed by atoms with Crippen LogP contribution in [0.4, 0.5) is 5.82 Å². The number of fused-ring (bicyclic) bond motifs is 1. The number of imidazole rings is 1. The highest BCUT2D eigenvalue weighted by Gasteiger charge is 2.42. The highest BCUT2D eigenvalue weighted by atomic mass is 16.5. The largest absolute Gasteiger partial charge is 0.480 e. The van der Waals surface area contributed by atoms with Crippen LogP contribution in [0.2, 0.25) is 0 Å². The van der Waals surface area contributed by atoms with Crippen molar-refractivity contribution in [1.29, 1.82) is 0 Å². The number of hydrogen-bond acceptors (Lipinski definition) is 10. The van der Waals surface area contributed by atoms with Gasteiger partial charge in [0.15, 0.2) is 11.5 Å². The number of ether oxygens (including phenoxy) is 1. The number of nitrogen functional groups attached to an aromatic ring is 1. The summed E-state index contributed by atoms with van der Waals surface area (Å²) in [6.45, 7) is 0. The molecule has 3 rings (SSSR count). The van der Waals surface area contributed by atoms with Gasteiger partial charge in [0, 0.05) is 12.5 Å². The summed E-state index contributed by atoms with van der Waals surface area (Å²) < 4.78 is 7.40. The van der Waals surface area contributed by atoms with Crippen molar-refractivity contribution in [3.8, 4) is 0 Å². The molecule has 9 N–H and O–H groups in total. The fourth-order valence-electron chi connectivity index (χ4n) is 3.15. The molecule has 3 heterocycles. The fourth-order valence-corrected chi connectivity index (χ4v) is 3.15. The molecule has 12 heteroatoms. The Morgan fingerprint density at radius 2 is 2.07 bits per heavy atom. The van der Waals surface area contributed by atoms with Gasteiger partial charge < -0.3 is 37.3 Å². The average Bonchev–Trinajstić information content (AvgIpc) is 3.22. The van der Waals surface area contributed by atoms with Gasteiger partial charge in [-0.3, -0.25) is 9.36 Å². The second-order valence-corrected chi connectivity index (χ2v) is 6.62. The number of carboxylic acids is 1. The molecule has 12 nitrogen and oxygen atoms in total. The molecule has 0 aliphatic carbocycles. The minimum absolute atomic E-state index is 0.0994. The minimum atomic E-state index is -1.19. The van der Waals surface area contributed by atoms with Crippen molar-refractivity contribution >= 4 is 23.0 Å². The van der Waals surface area contributed by atoms with Gasteiger partial charge in [0.25, 0.3) is 0 Å². The molecule has 148 valence electrons. The van der Waals surface area contributed by atoms with Gasteiger partial charge in [-0.25, -0.2) is 15.0 Å². The van der Waals surface area contributed by atoms with E-state index in [1.54, 1.807) is 4.57 Å². The van der Waals surface area contributed by atoms with Gasteiger partial charge in [0.2, 0.25) is 0 Å². The summed E-state index contributed by atoms with van der Waals surface area (Å²) in [6.07, 6.45) is -0.482. The summed E-state index contributed by atoms with van der Waals surface area (Å²) in [6, 6.07) is -1.86. The van der Waals surface area contributed by atoms with Crippen molar-refractivity contribution < 1.29 is 24.9 Å². The lowest BCUT2D eigenvalue weighted by molar-refractivity contribution is -0.138. The maximum atomic E-state index is 10.8. The fraction of sp³-hybridized carbons (Fsp3) is 0.600. The smallest absolute Gasteiger partial charge is 0.320 e. The number of anilines is 1. The average molecular weight is 381 g/mol. The standard InChI is InChI=1S/C15H23N7O5/c16-6(1-2-7(17)15(25)26)11(24)12-8(23)3-9(27-12)22-5-21-10-13(18)19-4-20-14(10)22/h4-9,11-12,23-24H,1-3,16-17H2,(H,25,26)(H2,18,19,20)/t6?,7?,8-,9+,11?,12-/m0/s1. The first-order chi connectivity index (χ1) is 12.8. The van der Waals surface area contributed by atoms with Crippen LogP contribution in [-0.4, -0.2) is 71.2 Å². The van der Waals surface area contributed by atoms with Gasteiger partial charge >= 0.3 is 5.97 Å². The van der Waals surface area contributed by atoms with Gasteiger partial charge in [-0.2, -0.15) is 0 Å². The molecule has 2 aromatic heterocycles. The number of aliphatic hydroxyl groups excluding tert-OH is 2. The maximum Gasteiger partial charge on any atom is 0.320 e. The third kappa shape index (κ3) is 3.84. The Balaban J connectivity index is 1.68. The SMILES string of the molecule is Nc1ncnc2c1ncn2[C@H]1C[C@H](O)[C@@H](C(O)C(N)CCC(N)C(=O)O)O1.